The van der Waals surface area contributed by atoms with Gasteiger partial charge in [0.25, 0.3) is 5.69 Å². The average molecular weight is 291 g/mol. The van der Waals surface area contributed by atoms with E-state index in [9.17, 15) is 14.7 Å². The standard InChI is InChI=1S/C10H14NO5PS/c1-3-15-17(14,16-4-2)18-10-7-5-9(6-8-10)11(12)13/h5-8H,3-4H2,1-2H3. The van der Waals surface area contributed by atoms with Crippen molar-refractivity contribution in [3.8, 4) is 0 Å². The van der Waals surface area contributed by atoms with E-state index in [1.54, 1.807) is 13.8 Å². The van der Waals surface area contributed by atoms with Gasteiger partial charge in [-0.2, -0.15) is 0 Å². The van der Waals surface area contributed by atoms with Crippen molar-refractivity contribution < 1.29 is 18.5 Å². The molecule has 8 heteroatoms. The summed E-state index contributed by atoms with van der Waals surface area (Å²) in [4.78, 5) is 10.6. The number of nitro benzene ring substituents is 1. The normalized spacial score (nSPS) is 11.4. The molecule has 1 aromatic carbocycles. The highest BCUT2D eigenvalue weighted by Crippen LogP contribution is 2.63. The van der Waals surface area contributed by atoms with Gasteiger partial charge in [0, 0.05) is 17.0 Å². The van der Waals surface area contributed by atoms with E-state index >= 15 is 0 Å². The van der Waals surface area contributed by atoms with Crippen molar-refractivity contribution in [3.05, 3.63) is 34.4 Å². The molecule has 0 aliphatic carbocycles. The van der Waals surface area contributed by atoms with Crippen molar-refractivity contribution in [3.63, 3.8) is 0 Å². The van der Waals surface area contributed by atoms with Gasteiger partial charge in [-0.15, -0.1) is 0 Å². The first kappa shape index (κ1) is 15.2. The fourth-order valence-corrected chi connectivity index (χ4v) is 4.58. The molecule has 100 valence electrons. The van der Waals surface area contributed by atoms with Gasteiger partial charge in [-0.25, -0.2) is 4.57 Å². The van der Waals surface area contributed by atoms with Crippen LogP contribution in [0.2, 0.25) is 0 Å². The van der Waals surface area contributed by atoms with Crippen LogP contribution in [0.25, 0.3) is 0 Å². The third-order valence-corrected chi connectivity index (χ3v) is 5.63. The average Bonchev–Trinajstić information content (AvgIpc) is 2.30. The second-order valence-corrected chi connectivity index (χ2v) is 7.08. The molecule has 0 heterocycles. The molecule has 0 N–H and O–H groups in total. The van der Waals surface area contributed by atoms with E-state index in [1.807, 2.05) is 0 Å². The molecule has 18 heavy (non-hydrogen) atoms. The minimum atomic E-state index is -3.23. The zero-order valence-corrected chi connectivity index (χ0v) is 11.8. The van der Waals surface area contributed by atoms with Gasteiger partial charge >= 0.3 is 6.80 Å². The number of non-ortho nitro benzene ring substituents is 1. The predicted molar refractivity (Wildman–Crippen MR) is 69.8 cm³/mol. The molecule has 0 amide bonds. The van der Waals surface area contributed by atoms with Crippen molar-refractivity contribution in [1.82, 2.24) is 0 Å². The third-order valence-electron chi connectivity index (χ3n) is 1.84. The zero-order valence-electron chi connectivity index (χ0n) is 10.1. The molecule has 0 spiro atoms. The van der Waals surface area contributed by atoms with Crippen molar-refractivity contribution in [2.45, 2.75) is 18.7 Å². The van der Waals surface area contributed by atoms with Gasteiger partial charge in [0.2, 0.25) is 0 Å². The molecule has 0 saturated carbocycles. The summed E-state index contributed by atoms with van der Waals surface area (Å²) in [5, 5.41) is 10.5. The molecule has 0 saturated heterocycles. The van der Waals surface area contributed by atoms with Crippen LogP contribution < -0.4 is 0 Å². The number of hydrogen-bond acceptors (Lipinski definition) is 6. The summed E-state index contributed by atoms with van der Waals surface area (Å²) in [5.74, 6) is 0. The summed E-state index contributed by atoms with van der Waals surface area (Å²) in [6, 6.07) is 5.75. The SMILES string of the molecule is CCOP(=O)(OCC)Sc1ccc([N+](=O)[O-])cc1. The van der Waals surface area contributed by atoms with Crippen LogP contribution in [-0.4, -0.2) is 18.1 Å². The Hall–Kier alpha value is -0.880. The summed E-state index contributed by atoms with van der Waals surface area (Å²) < 4.78 is 22.4. The van der Waals surface area contributed by atoms with E-state index in [2.05, 4.69) is 0 Å². The molecule has 0 atom stereocenters. The molecule has 0 aliphatic heterocycles. The maximum absolute atomic E-state index is 12.2. The number of nitro groups is 1. The van der Waals surface area contributed by atoms with Crippen LogP contribution >= 0.6 is 18.2 Å². The lowest BCUT2D eigenvalue weighted by Crippen LogP contribution is -1.92. The predicted octanol–water partition coefficient (Wildman–Crippen LogP) is 3.87. The second-order valence-electron chi connectivity index (χ2n) is 3.13. The molecular weight excluding hydrogens is 277 g/mol. The minimum Gasteiger partial charge on any atom is -0.301 e. The summed E-state index contributed by atoms with van der Waals surface area (Å²) in [6.07, 6.45) is 0. The van der Waals surface area contributed by atoms with Gasteiger partial charge in [-0.05, 0) is 37.4 Å². The lowest BCUT2D eigenvalue weighted by atomic mass is 10.3. The molecule has 0 unspecified atom stereocenters. The van der Waals surface area contributed by atoms with E-state index < -0.39 is 11.7 Å². The van der Waals surface area contributed by atoms with E-state index in [4.69, 9.17) is 9.05 Å². The maximum Gasteiger partial charge on any atom is 0.393 e. The van der Waals surface area contributed by atoms with Crippen LogP contribution in [0.3, 0.4) is 0 Å². The summed E-state index contributed by atoms with van der Waals surface area (Å²) in [5.41, 5.74) is -0.0120. The maximum atomic E-state index is 12.2. The third kappa shape index (κ3) is 4.42. The van der Waals surface area contributed by atoms with Crippen LogP contribution in [0, 0.1) is 10.1 Å². The fourth-order valence-electron chi connectivity index (χ4n) is 1.16. The van der Waals surface area contributed by atoms with Crippen LogP contribution in [0.4, 0.5) is 5.69 Å². The molecule has 1 aromatic rings. The molecular formula is C10H14NO5PS. The smallest absolute Gasteiger partial charge is 0.301 e. The second kappa shape index (κ2) is 6.89. The first-order valence-corrected chi connectivity index (χ1v) is 8.30. The first-order valence-electron chi connectivity index (χ1n) is 5.34. The molecule has 6 nitrogen and oxygen atoms in total. The Kier molecular flexibility index (Phi) is 5.81. The summed E-state index contributed by atoms with van der Waals surface area (Å²) in [7, 11) is 0. The highest BCUT2D eigenvalue weighted by atomic mass is 32.7. The quantitative estimate of drug-likeness (QED) is 0.431. The van der Waals surface area contributed by atoms with Crippen molar-refractivity contribution in [2.24, 2.45) is 0 Å². The molecule has 1 rings (SSSR count). The van der Waals surface area contributed by atoms with Gasteiger partial charge in [0.05, 0.1) is 18.1 Å². The lowest BCUT2D eigenvalue weighted by Gasteiger charge is -2.15. The van der Waals surface area contributed by atoms with E-state index in [0.29, 0.717) is 4.90 Å². The Morgan fingerprint density at radius 1 is 1.22 bits per heavy atom. The topological polar surface area (TPSA) is 78.7 Å². The van der Waals surface area contributed by atoms with Crippen molar-refractivity contribution >= 4 is 23.9 Å². The number of hydrogen-bond donors (Lipinski definition) is 0. The Bertz CT molecular complexity index is 440. The van der Waals surface area contributed by atoms with Crippen molar-refractivity contribution in [1.29, 1.82) is 0 Å². The zero-order chi connectivity index (χ0) is 13.6. The molecule has 0 aromatic heterocycles. The monoisotopic (exact) mass is 291 g/mol. The fraction of sp³-hybridized carbons (Fsp3) is 0.400. The number of nitrogens with zero attached hydrogens (tertiary/aromatic N) is 1. The van der Waals surface area contributed by atoms with E-state index in [0.717, 1.165) is 11.4 Å². The van der Waals surface area contributed by atoms with Crippen molar-refractivity contribution in [2.75, 3.05) is 13.2 Å². The van der Waals surface area contributed by atoms with Gasteiger partial charge in [-0.3, -0.25) is 10.1 Å². The summed E-state index contributed by atoms with van der Waals surface area (Å²) in [6.45, 7) is 0.765. The van der Waals surface area contributed by atoms with Crippen LogP contribution in [0.5, 0.6) is 0 Å². The van der Waals surface area contributed by atoms with Crippen LogP contribution in [0.15, 0.2) is 29.2 Å². The molecule has 0 aliphatic rings. The van der Waals surface area contributed by atoms with Gasteiger partial charge in [0.1, 0.15) is 0 Å². The number of rotatable bonds is 7. The minimum absolute atomic E-state index is 0.0120. The van der Waals surface area contributed by atoms with E-state index in [1.165, 1.54) is 24.3 Å². The largest absolute Gasteiger partial charge is 0.393 e. The lowest BCUT2D eigenvalue weighted by molar-refractivity contribution is -0.384. The highest BCUT2D eigenvalue weighted by Gasteiger charge is 2.25. The number of benzene rings is 1. The van der Waals surface area contributed by atoms with Crippen LogP contribution in [0.1, 0.15) is 13.8 Å². The molecule has 0 bridgehead atoms. The molecule has 0 radical (unpaired) electrons. The van der Waals surface area contributed by atoms with Gasteiger partial charge in [0.15, 0.2) is 0 Å². The Morgan fingerprint density at radius 2 is 1.72 bits per heavy atom. The van der Waals surface area contributed by atoms with E-state index in [-0.39, 0.29) is 18.9 Å². The summed E-state index contributed by atoms with van der Waals surface area (Å²) >= 11 is 0.949. The Morgan fingerprint density at radius 3 is 2.11 bits per heavy atom. The highest BCUT2D eigenvalue weighted by molar-refractivity contribution is 8.55. The van der Waals surface area contributed by atoms with Gasteiger partial charge in [-0.1, -0.05) is 0 Å². The van der Waals surface area contributed by atoms with Gasteiger partial charge < -0.3 is 9.05 Å². The Labute approximate surface area is 109 Å². The Balaban J connectivity index is 2.81. The first-order chi connectivity index (χ1) is 8.50. The van der Waals surface area contributed by atoms with Crippen LogP contribution in [-0.2, 0) is 13.6 Å². The molecule has 0 fully saturated rings.